The predicted octanol–water partition coefficient (Wildman–Crippen LogP) is 7.93. The van der Waals surface area contributed by atoms with Crippen LogP contribution < -0.4 is 0 Å². The summed E-state index contributed by atoms with van der Waals surface area (Å²) in [4.78, 5) is 0. The Morgan fingerprint density at radius 3 is 1.53 bits per heavy atom. The molecule has 0 amide bonds. The largest absolute Gasteiger partial charge is 0.458 e. The lowest BCUT2D eigenvalue weighted by atomic mass is 9.84. The molecule has 0 fully saturated rings. The zero-order valence-electron chi connectivity index (χ0n) is 14.8. The Bertz CT molecular complexity index is 1030. The van der Waals surface area contributed by atoms with Crippen LogP contribution in [0.15, 0.2) is 40.9 Å². The Morgan fingerprint density at radius 1 is 0.688 bits per heavy atom. The molecule has 2 rings (SSSR count). The summed E-state index contributed by atoms with van der Waals surface area (Å²) < 4.78 is 159. The topological polar surface area (TPSA) is 23.8 Å². The first-order valence-electron chi connectivity index (χ1n) is 7.91. The molecule has 0 aliphatic heterocycles. The minimum Gasteiger partial charge on any atom is -0.218 e. The van der Waals surface area contributed by atoms with E-state index in [4.69, 9.17) is 5.26 Å². The SMILES string of the molecule is N#Cc1ccc(-c2c(Br)cc(C(F)(F)C(F)(F)F)cc2C(F)(C(F)(F)F)C(F)(F)F)cc1. The van der Waals surface area contributed by atoms with E-state index in [9.17, 15) is 52.7 Å². The molecule has 0 aromatic heterocycles. The minimum atomic E-state index is -6.79. The zero-order valence-corrected chi connectivity index (χ0v) is 16.4. The first-order valence-corrected chi connectivity index (χ1v) is 8.70. The lowest BCUT2D eigenvalue weighted by Gasteiger charge is -2.33. The molecule has 0 heterocycles. The van der Waals surface area contributed by atoms with Crippen LogP contribution in [0.25, 0.3) is 11.1 Å². The molecule has 0 aliphatic rings. The minimum absolute atomic E-state index is 0.0578. The summed E-state index contributed by atoms with van der Waals surface area (Å²) >= 11 is 2.39. The van der Waals surface area contributed by atoms with E-state index in [0.717, 1.165) is 24.3 Å². The van der Waals surface area contributed by atoms with Gasteiger partial charge in [-0.25, -0.2) is 4.39 Å². The van der Waals surface area contributed by atoms with E-state index in [1.54, 1.807) is 6.07 Å². The van der Waals surface area contributed by atoms with E-state index in [0.29, 0.717) is 0 Å². The van der Waals surface area contributed by atoms with E-state index in [1.807, 2.05) is 0 Å². The number of hydrogen-bond donors (Lipinski definition) is 0. The van der Waals surface area contributed by atoms with Crippen LogP contribution in [0.3, 0.4) is 0 Å². The second kappa shape index (κ2) is 7.86. The molecule has 0 aliphatic carbocycles. The Balaban J connectivity index is 3.05. The van der Waals surface area contributed by atoms with Crippen LogP contribution in [0.5, 0.6) is 0 Å². The number of benzene rings is 2. The Kier molecular flexibility index (Phi) is 6.34. The number of alkyl halides is 12. The molecular weight excluding hydrogens is 538 g/mol. The standard InChI is InChI=1S/C18H6BrF12N/c19-12-6-10(15(21,22)18(29,30)31)5-11(14(20,16(23,24)25)17(26,27)28)13(12)9-3-1-8(7-32)2-4-9/h1-6H. The molecule has 0 saturated heterocycles. The molecule has 2 aromatic carbocycles. The smallest absolute Gasteiger partial charge is 0.218 e. The van der Waals surface area contributed by atoms with Crippen LogP contribution in [-0.2, 0) is 11.6 Å². The van der Waals surface area contributed by atoms with Crippen molar-refractivity contribution in [3.05, 3.63) is 57.6 Å². The van der Waals surface area contributed by atoms with Gasteiger partial charge < -0.3 is 0 Å². The summed E-state index contributed by atoms with van der Waals surface area (Å²) in [5.74, 6) is -5.91. The summed E-state index contributed by atoms with van der Waals surface area (Å²) in [6.07, 6.45) is -20.0. The highest BCUT2D eigenvalue weighted by Gasteiger charge is 2.74. The van der Waals surface area contributed by atoms with Crippen LogP contribution in [0.4, 0.5) is 52.7 Å². The van der Waals surface area contributed by atoms with E-state index >= 15 is 0 Å². The van der Waals surface area contributed by atoms with Crippen molar-refractivity contribution in [1.29, 1.82) is 5.26 Å². The molecule has 0 atom stereocenters. The van der Waals surface area contributed by atoms with Crippen LogP contribution in [0.2, 0.25) is 0 Å². The Morgan fingerprint density at radius 2 is 1.16 bits per heavy atom. The van der Waals surface area contributed by atoms with Crippen molar-refractivity contribution in [2.24, 2.45) is 0 Å². The maximum absolute atomic E-state index is 14.8. The highest BCUT2D eigenvalue weighted by molar-refractivity contribution is 9.10. The second-order valence-electron chi connectivity index (χ2n) is 6.30. The molecule has 0 spiro atoms. The van der Waals surface area contributed by atoms with Gasteiger partial charge in [-0.2, -0.15) is 53.6 Å². The average Bonchev–Trinajstić information content (AvgIpc) is 2.64. The molecule has 2 aromatic rings. The van der Waals surface area contributed by atoms with Crippen molar-refractivity contribution in [3.8, 4) is 17.2 Å². The van der Waals surface area contributed by atoms with Gasteiger partial charge in [-0.15, -0.1) is 0 Å². The van der Waals surface area contributed by atoms with E-state index < -0.39 is 62.9 Å². The molecule has 0 bridgehead atoms. The van der Waals surface area contributed by atoms with Gasteiger partial charge >= 0.3 is 30.1 Å². The molecular formula is C18H6BrF12N. The Labute approximate surface area is 179 Å². The maximum Gasteiger partial charge on any atom is 0.458 e. The van der Waals surface area contributed by atoms with Crippen molar-refractivity contribution >= 4 is 15.9 Å². The molecule has 32 heavy (non-hydrogen) atoms. The molecule has 14 heteroatoms. The average molecular weight is 544 g/mol. The van der Waals surface area contributed by atoms with Gasteiger partial charge in [0.05, 0.1) is 11.6 Å². The third-order valence-electron chi connectivity index (χ3n) is 4.26. The van der Waals surface area contributed by atoms with Gasteiger partial charge in [-0.1, -0.05) is 28.1 Å². The normalized spacial score (nSPS) is 13.8. The molecule has 174 valence electrons. The lowest BCUT2D eigenvalue weighted by molar-refractivity contribution is -0.348. The molecule has 0 N–H and O–H groups in total. The number of halogens is 13. The second-order valence-corrected chi connectivity index (χ2v) is 7.15. The fourth-order valence-electron chi connectivity index (χ4n) is 2.69. The van der Waals surface area contributed by atoms with Crippen LogP contribution >= 0.6 is 15.9 Å². The van der Waals surface area contributed by atoms with Gasteiger partial charge in [0, 0.05) is 21.2 Å². The monoisotopic (exact) mass is 543 g/mol. The van der Waals surface area contributed by atoms with Crippen molar-refractivity contribution in [2.75, 3.05) is 0 Å². The van der Waals surface area contributed by atoms with Gasteiger partial charge in [0.25, 0.3) is 0 Å². The van der Waals surface area contributed by atoms with Gasteiger partial charge in [-0.3, -0.25) is 0 Å². The third kappa shape index (κ3) is 4.14. The van der Waals surface area contributed by atoms with Crippen molar-refractivity contribution in [3.63, 3.8) is 0 Å². The molecule has 0 radical (unpaired) electrons. The van der Waals surface area contributed by atoms with E-state index in [2.05, 4.69) is 15.9 Å². The first kappa shape index (κ1) is 25.8. The van der Waals surface area contributed by atoms with Gasteiger partial charge in [0.1, 0.15) is 0 Å². The van der Waals surface area contributed by atoms with Gasteiger partial charge in [-0.05, 0) is 29.8 Å². The van der Waals surface area contributed by atoms with Crippen molar-refractivity contribution in [2.45, 2.75) is 30.1 Å². The summed E-state index contributed by atoms with van der Waals surface area (Å²) in [5, 5.41) is 8.75. The summed E-state index contributed by atoms with van der Waals surface area (Å²) in [7, 11) is 0. The summed E-state index contributed by atoms with van der Waals surface area (Å²) in [6, 6.07) is 4.08. The Hall–Kier alpha value is -2.43. The van der Waals surface area contributed by atoms with Crippen LogP contribution in [-0.4, -0.2) is 18.5 Å². The first-order chi connectivity index (χ1) is 14.3. The number of nitrogens with zero attached hydrogens (tertiary/aromatic N) is 1. The summed E-state index contributed by atoms with van der Waals surface area (Å²) in [6.45, 7) is 0. The molecule has 0 unspecified atom stereocenters. The maximum atomic E-state index is 14.8. The predicted molar refractivity (Wildman–Crippen MR) is 89.1 cm³/mol. The van der Waals surface area contributed by atoms with E-state index in [-0.39, 0.29) is 11.6 Å². The van der Waals surface area contributed by atoms with Crippen molar-refractivity contribution < 1.29 is 52.7 Å². The zero-order chi connectivity index (χ0) is 24.9. The van der Waals surface area contributed by atoms with Gasteiger partial charge in [0.15, 0.2) is 0 Å². The fourth-order valence-corrected chi connectivity index (χ4v) is 3.38. The number of hydrogen-bond acceptors (Lipinski definition) is 1. The lowest BCUT2D eigenvalue weighted by Crippen LogP contribution is -2.51. The number of rotatable bonds is 3. The van der Waals surface area contributed by atoms with Crippen molar-refractivity contribution in [1.82, 2.24) is 0 Å². The number of nitriles is 1. The highest BCUT2D eigenvalue weighted by Crippen LogP contribution is 2.57. The third-order valence-corrected chi connectivity index (χ3v) is 4.89. The van der Waals surface area contributed by atoms with Crippen LogP contribution in [0, 0.1) is 11.3 Å². The van der Waals surface area contributed by atoms with Crippen LogP contribution in [0.1, 0.15) is 16.7 Å². The molecule has 1 nitrogen and oxygen atoms in total. The van der Waals surface area contributed by atoms with Gasteiger partial charge in [0.2, 0.25) is 0 Å². The summed E-state index contributed by atoms with van der Waals surface area (Å²) in [5.41, 5.74) is -13.2. The van der Waals surface area contributed by atoms with E-state index in [1.165, 1.54) is 0 Å². The highest BCUT2D eigenvalue weighted by atomic mass is 79.9. The molecule has 0 saturated carbocycles. The fraction of sp³-hybridized carbons (Fsp3) is 0.278. The quantitative estimate of drug-likeness (QED) is 0.360.